The van der Waals surface area contributed by atoms with Gasteiger partial charge in [-0.05, 0) is 19.9 Å². The van der Waals surface area contributed by atoms with Gasteiger partial charge in [-0.2, -0.15) is 0 Å². The fourth-order valence-corrected chi connectivity index (χ4v) is 1.07. The van der Waals surface area contributed by atoms with Crippen LogP contribution in [0.3, 0.4) is 0 Å². The quantitative estimate of drug-likeness (QED) is 0.652. The topological polar surface area (TPSA) is 48.0 Å². The minimum absolute atomic E-state index is 0.0417. The molecule has 0 saturated heterocycles. The van der Waals surface area contributed by atoms with E-state index in [1.54, 1.807) is 16.7 Å². The van der Waals surface area contributed by atoms with Crippen LogP contribution in [0.5, 0.6) is 0 Å². The summed E-state index contributed by atoms with van der Waals surface area (Å²) in [6.07, 6.45) is 0. The predicted octanol–water partition coefficient (Wildman–Crippen LogP) is 1.01. The van der Waals surface area contributed by atoms with Crippen LogP contribution >= 0.6 is 0 Å². The zero-order chi connectivity index (χ0) is 8.43. The Labute approximate surface area is 65.5 Å². The maximum atomic E-state index is 11.2. The number of aromatic nitrogens is 1. The van der Waals surface area contributed by atoms with E-state index in [2.05, 4.69) is 0 Å². The molecule has 1 rings (SSSR count). The van der Waals surface area contributed by atoms with Gasteiger partial charge < -0.3 is 5.73 Å². The van der Waals surface area contributed by atoms with Crippen LogP contribution in [0.15, 0.2) is 23.0 Å². The van der Waals surface area contributed by atoms with Crippen LogP contribution in [0, 0.1) is 0 Å². The number of pyridine rings is 1. The van der Waals surface area contributed by atoms with Crippen molar-refractivity contribution in [1.82, 2.24) is 4.57 Å². The monoisotopic (exact) mass is 152 g/mol. The Bertz CT molecular complexity index is 301. The zero-order valence-electron chi connectivity index (χ0n) is 6.74. The van der Waals surface area contributed by atoms with E-state index in [4.69, 9.17) is 5.73 Å². The van der Waals surface area contributed by atoms with E-state index >= 15 is 0 Å². The highest BCUT2D eigenvalue weighted by atomic mass is 16.1. The molecule has 0 fully saturated rings. The summed E-state index contributed by atoms with van der Waals surface area (Å²) in [5.41, 5.74) is 5.54. The molecule has 0 spiro atoms. The second-order valence-corrected chi connectivity index (χ2v) is 2.75. The molecule has 0 bridgehead atoms. The molecule has 1 aromatic heterocycles. The molecule has 11 heavy (non-hydrogen) atoms. The number of nitrogens with zero attached hydrogens (tertiary/aromatic N) is 1. The van der Waals surface area contributed by atoms with E-state index in [0.29, 0.717) is 5.82 Å². The van der Waals surface area contributed by atoms with Gasteiger partial charge in [-0.1, -0.05) is 6.07 Å². The van der Waals surface area contributed by atoms with E-state index in [9.17, 15) is 4.79 Å². The largest absolute Gasteiger partial charge is 0.385 e. The van der Waals surface area contributed by atoms with Gasteiger partial charge in [0.15, 0.2) is 0 Å². The lowest BCUT2D eigenvalue weighted by Crippen LogP contribution is -2.23. The molecule has 0 atom stereocenters. The van der Waals surface area contributed by atoms with Gasteiger partial charge in [0.05, 0.1) is 0 Å². The van der Waals surface area contributed by atoms with E-state index in [1.165, 1.54) is 6.07 Å². The van der Waals surface area contributed by atoms with Crippen LogP contribution in [-0.2, 0) is 0 Å². The first-order chi connectivity index (χ1) is 5.13. The van der Waals surface area contributed by atoms with Crippen molar-refractivity contribution in [3.05, 3.63) is 28.6 Å². The minimum Gasteiger partial charge on any atom is -0.385 e. The van der Waals surface area contributed by atoms with Gasteiger partial charge in [0.2, 0.25) is 0 Å². The number of rotatable bonds is 1. The highest BCUT2D eigenvalue weighted by Crippen LogP contribution is 2.05. The molecule has 2 N–H and O–H groups in total. The standard InChI is InChI=1S/C8H12N2O/c1-6(2)10-7(9)4-3-5-8(10)11/h3-6H,9H2,1-2H3. The lowest BCUT2D eigenvalue weighted by Gasteiger charge is -2.11. The molecule has 0 saturated carbocycles. The fraction of sp³-hybridized carbons (Fsp3) is 0.375. The van der Waals surface area contributed by atoms with Crippen LogP contribution in [-0.4, -0.2) is 4.57 Å². The number of nitrogen functional groups attached to an aromatic ring is 1. The molecular formula is C8H12N2O. The molecule has 0 amide bonds. The van der Waals surface area contributed by atoms with Crippen LogP contribution in [0.25, 0.3) is 0 Å². The van der Waals surface area contributed by atoms with Crippen LogP contribution in [0.4, 0.5) is 5.82 Å². The summed E-state index contributed by atoms with van der Waals surface area (Å²) in [5, 5.41) is 0. The third-order valence-electron chi connectivity index (χ3n) is 1.54. The van der Waals surface area contributed by atoms with Crippen molar-refractivity contribution in [3.8, 4) is 0 Å². The molecule has 0 aliphatic rings. The van der Waals surface area contributed by atoms with E-state index in [0.717, 1.165) is 0 Å². The SMILES string of the molecule is CC(C)n1c(N)cccc1=O. The summed E-state index contributed by atoms with van der Waals surface area (Å²) in [6.45, 7) is 3.86. The Balaban J connectivity index is 3.33. The Morgan fingerprint density at radius 2 is 2.09 bits per heavy atom. The maximum absolute atomic E-state index is 11.2. The average molecular weight is 152 g/mol. The van der Waals surface area contributed by atoms with Gasteiger partial charge in [-0.25, -0.2) is 0 Å². The lowest BCUT2D eigenvalue weighted by molar-refractivity contribution is 0.587. The van der Waals surface area contributed by atoms with Gasteiger partial charge in [-0.15, -0.1) is 0 Å². The number of nitrogens with two attached hydrogens (primary N) is 1. The molecule has 0 radical (unpaired) electrons. The van der Waals surface area contributed by atoms with Crippen LogP contribution in [0.1, 0.15) is 19.9 Å². The van der Waals surface area contributed by atoms with Crippen molar-refractivity contribution in [2.45, 2.75) is 19.9 Å². The molecule has 3 heteroatoms. The van der Waals surface area contributed by atoms with Crippen LogP contribution < -0.4 is 11.3 Å². The van der Waals surface area contributed by atoms with E-state index < -0.39 is 0 Å². The van der Waals surface area contributed by atoms with Crippen molar-refractivity contribution in [2.75, 3.05) is 5.73 Å². The predicted molar refractivity (Wildman–Crippen MR) is 45.5 cm³/mol. The van der Waals surface area contributed by atoms with E-state index in [1.807, 2.05) is 13.8 Å². The number of hydrogen-bond donors (Lipinski definition) is 1. The highest BCUT2D eigenvalue weighted by molar-refractivity contribution is 5.28. The third-order valence-corrected chi connectivity index (χ3v) is 1.54. The smallest absolute Gasteiger partial charge is 0.252 e. The van der Waals surface area contributed by atoms with Crippen molar-refractivity contribution in [1.29, 1.82) is 0 Å². The summed E-state index contributed by atoms with van der Waals surface area (Å²) >= 11 is 0. The van der Waals surface area contributed by atoms with Crippen molar-refractivity contribution >= 4 is 5.82 Å². The Morgan fingerprint density at radius 3 is 2.45 bits per heavy atom. The second kappa shape index (κ2) is 2.78. The van der Waals surface area contributed by atoms with Crippen molar-refractivity contribution in [3.63, 3.8) is 0 Å². The normalized spacial score (nSPS) is 10.5. The molecule has 3 nitrogen and oxygen atoms in total. The highest BCUT2D eigenvalue weighted by Gasteiger charge is 2.01. The van der Waals surface area contributed by atoms with Gasteiger partial charge in [0.1, 0.15) is 5.82 Å². The molecular weight excluding hydrogens is 140 g/mol. The number of hydrogen-bond acceptors (Lipinski definition) is 2. The van der Waals surface area contributed by atoms with Gasteiger partial charge in [0, 0.05) is 12.1 Å². The Hall–Kier alpha value is -1.25. The molecule has 1 heterocycles. The minimum atomic E-state index is -0.0417. The summed E-state index contributed by atoms with van der Waals surface area (Å²) in [7, 11) is 0. The first-order valence-electron chi connectivity index (χ1n) is 3.60. The van der Waals surface area contributed by atoms with Crippen LogP contribution in [0.2, 0.25) is 0 Å². The van der Waals surface area contributed by atoms with Crippen molar-refractivity contribution in [2.24, 2.45) is 0 Å². The molecule has 1 aromatic rings. The average Bonchev–Trinajstić information content (AvgIpc) is 1.85. The molecule has 0 aliphatic carbocycles. The second-order valence-electron chi connectivity index (χ2n) is 2.75. The van der Waals surface area contributed by atoms with Gasteiger partial charge in [-0.3, -0.25) is 9.36 Å². The summed E-state index contributed by atoms with van der Waals surface area (Å²) in [6, 6.07) is 5.03. The Morgan fingerprint density at radius 1 is 1.45 bits per heavy atom. The summed E-state index contributed by atoms with van der Waals surface area (Å²) < 4.78 is 1.56. The zero-order valence-corrected chi connectivity index (χ0v) is 6.74. The first kappa shape index (κ1) is 7.85. The van der Waals surface area contributed by atoms with E-state index in [-0.39, 0.29) is 11.6 Å². The molecule has 0 aromatic carbocycles. The molecule has 60 valence electrons. The van der Waals surface area contributed by atoms with Gasteiger partial charge in [0.25, 0.3) is 5.56 Å². The first-order valence-corrected chi connectivity index (χ1v) is 3.60. The number of anilines is 1. The fourth-order valence-electron chi connectivity index (χ4n) is 1.07. The summed E-state index contributed by atoms with van der Waals surface area (Å²) in [4.78, 5) is 11.2. The molecule has 0 unspecified atom stereocenters. The molecule has 0 aliphatic heterocycles. The Kier molecular flexibility index (Phi) is 1.98. The lowest BCUT2D eigenvalue weighted by atomic mass is 10.3. The summed E-state index contributed by atoms with van der Waals surface area (Å²) in [5.74, 6) is 0.521. The van der Waals surface area contributed by atoms with Gasteiger partial charge >= 0.3 is 0 Å². The van der Waals surface area contributed by atoms with Crippen molar-refractivity contribution < 1.29 is 0 Å². The third kappa shape index (κ3) is 1.42. The maximum Gasteiger partial charge on any atom is 0.252 e.